The standard InChI is InChI=1S/C19H20ClN3O2S/c1-15-4-2-3-5-17(15)14-22-8-10-23(11-9-22)26(24,25)18-7-6-16(13-21)19(20)12-18/h2-7,12H,8-11,14H2,1H3. The Kier molecular flexibility index (Phi) is 5.64. The molecule has 3 rings (SSSR count). The summed E-state index contributed by atoms with van der Waals surface area (Å²) in [6.07, 6.45) is 0. The third kappa shape index (κ3) is 3.92. The molecular formula is C19H20ClN3O2S. The highest BCUT2D eigenvalue weighted by atomic mass is 35.5. The Morgan fingerprint density at radius 3 is 2.42 bits per heavy atom. The predicted molar refractivity (Wildman–Crippen MR) is 101 cm³/mol. The van der Waals surface area contributed by atoms with Crippen LogP contribution in [0.5, 0.6) is 0 Å². The van der Waals surface area contributed by atoms with Crippen molar-refractivity contribution in [2.75, 3.05) is 26.2 Å². The fourth-order valence-corrected chi connectivity index (χ4v) is 4.79. The summed E-state index contributed by atoms with van der Waals surface area (Å²) in [5.41, 5.74) is 2.78. The summed E-state index contributed by atoms with van der Waals surface area (Å²) >= 11 is 5.99. The van der Waals surface area contributed by atoms with Crippen LogP contribution < -0.4 is 0 Å². The summed E-state index contributed by atoms with van der Waals surface area (Å²) in [6.45, 7) is 5.14. The largest absolute Gasteiger partial charge is 0.296 e. The highest BCUT2D eigenvalue weighted by molar-refractivity contribution is 7.89. The second-order valence-electron chi connectivity index (χ2n) is 6.36. The van der Waals surface area contributed by atoms with E-state index in [1.807, 2.05) is 18.2 Å². The molecule has 1 aliphatic heterocycles. The molecule has 26 heavy (non-hydrogen) atoms. The molecule has 7 heteroatoms. The van der Waals surface area contributed by atoms with Crippen LogP contribution in [0.2, 0.25) is 5.02 Å². The van der Waals surface area contributed by atoms with Crippen LogP contribution in [-0.4, -0.2) is 43.8 Å². The molecule has 136 valence electrons. The van der Waals surface area contributed by atoms with Crippen LogP contribution in [0.1, 0.15) is 16.7 Å². The number of sulfonamides is 1. The normalized spacial score (nSPS) is 16.3. The quantitative estimate of drug-likeness (QED) is 0.806. The lowest BCUT2D eigenvalue weighted by molar-refractivity contribution is 0.181. The smallest absolute Gasteiger partial charge is 0.243 e. The number of nitriles is 1. The van der Waals surface area contributed by atoms with Gasteiger partial charge in [0.2, 0.25) is 10.0 Å². The van der Waals surface area contributed by atoms with Gasteiger partial charge in [0, 0.05) is 32.7 Å². The Balaban J connectivity index is 1.68. The van der Waals surface area contributed by atoms with Gasteiger partial charge in [0.25, 0.3) is 0 Å². The molecule has 1 saturated heterocycles. The van der Waals surface area contributed by atoms with Crippen molar-refractivity contribution in [2.24, 2.45) is 0 Å². The first-order chi connectivity index (χ1) is 12.4. The number of halogens is 1. The number of hydrogen-bond donors (Lipinski definition) is 0. The van der Waals surface area contributed by atoms with Gasteiger partial charge in [-0.3, -0.25) is 4.90 Å². The van der Waals surface area contributed by atoms with Crippen LogP contribution in [0.4, 0.5) is 0 Å². The van der Waals surface area contributed by atoms with E-state index in [1.165, 1.54) is 33.6 Å². The maximum absolute atomic E-state index is 12.8. The van der Waals surface area contributed by atoms with E-state index in [0.29, 0.717) is 26.2 Å². The molecule has 1 aliphatic rings. The minimum Gasteiger partial charge on any atom is -0.296 e. The van der Waals surface area contributed by atoms with Crippen molar-refractivity contribution < 1.29 is 8.42 Å². The molecule has 2 aromatic carbocycles. The lowest BCUT2D eigenvalue weighted by Crippen LogP contribution is -2.48. The van der Waals surface area contributed by atoms with Gasteiger partial charge in [0.05, 0.1) is 15.5 Å². The Bertz CT molecular complexity index is 945. The first-order valence-electron chi connectivity index (χ1n) is 8.38. The molecule has 0 saturated carbocycles. The Labute approximate surface area is 159 Å². The SMILES string of the molecule is Cc1ccccc1CN1CCN(S(=O)(=O)c2ccc(C#N)c(Cl)c2)CC1. The minimum absolute atomic E-state index is 0.133. The molecule has 0 amide bonds. The first kappa shape index (κ1) is 18.9. The average molecular weight is 390 g/mol. The van der Waals surface area contributed by atoms with Crippen LogP contribution in [-0.2, 0) is 16.6 Å². The molecule has 2 aromatic rings. The summed E-state index contributed by atoms with van der Waals surface area (Å²) < 4.78 is 27.1. The number of hydrogen-bond acceptors (Lipinski definition) is 4. The average Bonchev–Trinajstić information content (AvgIpc) is 2.64. The summed E-state index contributed by atoms with van der Waals surface area (Å²) in [4.78, 5) is 2.40. The van der Waals surface area contributed by atoms with E-state index in [9.17, 15) is 8.42 Å². The molecule has 0 aromatic heterocycles. The van der Waals surface area contributed by atoms with E-state index >= 15 is 0 Å². The van der Waals surface area contributed by atoms with Crippen LogP contribution >= 0.6 is 11.6 Å². The molecule has 1 heterocycles. The molecule has 0 aliphatic carbocycles. The third-order valence-corrected chi connectivity index (χ3v) is 6.89. The van der Waals surface area contributed by atoms with Crippen LogP contribution in [0.3, 0.4) is 0 Å². The summed E-state index contributed by atoms with van der Waals surface area (Å²) in [6, 6.07) is 14.4. The van der Waals surface area contributed by atoms with Crippen LogP contribution in [0, 0.1) is 18.3 Å². The van der Waals surface area contributed by atoms with Gasteiger partial charge in [-0.05, 0) is 36.2 Å². The maximum atomic E-state index is 12.8. The molecule has 5 nitrogen and oxygen atoms in total. The van der Waals surface area contributed by atoms with E-state index in [0.717, 1.165) is 6.54 Å². The fraction of sp³-hybridized carbons (Fsp3) is 0.316. The minimum atomic E-state index is -3.60. The van der Waals surface area contributed by atoms with Gasteiger partial charge in [-0.2, -0.15) is 9.57 Å². The molecule has 0 radical (unpaired) electrons. The first-order valence-corrected chi connectivity index (χ1v) is 10.2. The lowest BCUT2D eigenvalue weighted by Gasteiger charge is -2.34. The van der Waals surface area contributed by atoms with Gasteiger partial charge < -0.3 is 0 Å². The fourth-order valence-electron chi connectivity index (χ4n) is 3.05. The highest BCUT2D eigenvalue weighted by Gasteiger charge is 2.29. The summed E-state index contributed by atoms with van der Waals surface area (Å²) in [5.74, 6) is 0. The van der Waals surface area contributed by atoms with Crippen molar-refractivity contribution in [1.29, 1.82) is 5.26 Å². The number of aryl methyl sites for hydroxylation is 1. The lowest BCUT2D eigenvalue weighted by atomic mass is 10.1. The van der Waals surface area contributed by atoms with E-state index < -0.39 is 10.0 Å². The van der Waals surface area contributed by atoms with Crippen molar-refractivity contribution >= 4 is 21.6 Å². The number of piperazine rings is 1. The summed E-state index contributed by atoms with van der Waals surface area (Å²) in [7, 11) is -3.60. The van der Waals surface area contributed by atoms with Crippen LogP contribution in [0.15, 0.2) is 47.4 Å². The van der Waals surface area contributed by atoms with E-state index in [4.69, 9.17) is 16.9 Å². The Morgan fingerprint density at radius 2 is 1.81 bits per heavy atom. The van der Waals surface area contributed by atoms with Gasteiger partial charge in [-0.1, -0.05) is 35.9 Å². The summed E-state index contributed by atoms with van der Waals surface area (Å²) in [5, 5.41) is 9.09. The van der Waals surface area contributed by atoms with Crippen LogP contribution in [0.25, 0.3) is 0 Å². The molecular weight excluding hydrogens is 370 g/mol. The number of benzene rings is 2. The third-order valence-electron chi connectivity index (χ3n) is 4.69. The number of nitrogens with zero attached hydrogens (tertiary/aromatic N) is 3. The Hall–Kier alpha value is -1.91. The van der Waals surface area contributed by atoms with E-state index in [1.54, 1.807) is 0 Å². The van der Waals surface area contributed by atoms with Crippen molar-refractivity contribution in [3.05, 3.63) is 64.2 Å². The van der Waals surface area contributed by atoms with Gasteiger partial charge in [-0.15, -0.1) is 0 Å². The predicted octanol–water partition coefficient (Wildman–Crippen LogP) is 3.03. The molecule has 0 atom stereocenters. The molecule has 0 unspecified atom stereocenters. The number of rotatable bonds is 4. The zero-order valence-corrected chi connectivity index (χ0v) is 16.1. The van der Waals surface area contributed by atoms with E-state index in [2.05, 4.69) is 24.0 Å². The van der Waals surface area contributed by atoms with Gasteiger partial charge in [0.1, 0.15) is 6.07 Å². The molecule has 0 spiro atoms. The Morgan fingerprint density at radius 1 is 1.12 bits per heavy atom. The molecule has 1 fully saturated rings. The van der Waals surface area contributed by atoms with Gasteiger partial charge in [0.15, 0.2) is 0 Å². The topological polar surface area (TPSA) is 64.4 Å². The second-order valence-corrected chi connectivity index (χ2v) is 8.71. The van der Waals surface area contributed by atoms with Crippen molar-refractivity contribution in [2.45, 2.75) is 18.4 Å². The highest BCUT2D eigenvalue weighted by Crippen LogP contribution is 2.24. The van der Waals surface area contributed by atoms with Crippen molar-refractivity contribution in [1.82, 2.24) is 9.21 Å². The van der Waals surface area contributed by atoms with Crippen molar-refractivity contribution in [3.8, 4) is 6.07 Å². The van der Waals surface area contributed by atoms with E-state index in [-0.39, 0.29) is 15.5 Å². The zero-order valence-electron chi connectivity index (χ0n) is 14.5. The van der Waals surface area contributed by atoms with Crippen molar-refractivity contribution in [3.63, 3.8) is 0 Å². The van der Waals surface area contributed by atoms with Gasteiger partial charge >= 0.3 is 0 Å². The zero-order chi connectivity index (χ0) is 18.7. The van der Waals surface area contributed by atoms with Gasteiger partial charge in [-0.25, -0.2) is 8.42 Å². The molecule has 0 N–H and O–H groups in total. The second kappa shape index (κ2) is 7.77. The monoisotopic (exact) mass is 389 g/mol. The molecule has 0 bridgehead atoms. The maximum Gasteiger partial charge on any atom is 0.243 e.